The van der Waals surface area contributed by atoms with Crippen LogP contribution in [0.25, 0.3) is 10.2 Å². The summed E-state index contributed by atoms with van der Waals surface area (Å²) in [6.45, 7) is 2.02. The summed E-state index contributed by atoms with van der Waals surface area (Å²) in [4.78, 5) is 15.6. The summed E-state index contributed by atoms with van der Waals surface area (Å²) in [5.41, 5.74) is 0.822. The van der Waals surface area contributed by atoms with Crippen LogP contribution in [0.3, 0.4) is 0 Å². The summed E-state index contributed by atoms with van der Waals surface area (Å²) in [5.74, 6) is 5.60. The lowest BCUT2D eigenvalue weighted by atomic mass is 10.3. The number of thiazole rings is 1. The number of nitrogens with zero attached hydrogens (tertiary/aromatic N) is 2. The number of ether oxygens (including phenoxy) is 1. The van der Waals surface area contributed by atoms with Crippen molar-refractivity contribution < 1.29 is 9.53 Å². The van der Waals surface area contributed by atoms with Crippen molar-refractivity contribution in [2.24, 2.45) is 5.84 Å². The van der Waals surface area contributed by atoms with E-state index < -0.39 is 6.09 Å². The summed E-state index contributed by atoms with van der Waals surface area (Å²) in [5, 5.41) is 1.36. The zero-order valence-corrected chi connectivity index (χ0v) is 9.53. The SMILES string of the molecule is CCOC(=O)N(N)c1nc2ccccc2s1. The third-order valence-electron chi connectivity index (χ3n) is 1.95. The molecule has 1 aromatic carbocycles. The number of carbonyl (C=O) groups is 1. The molecule has 0 bridgehead atoms. The highest BCUT2D eigenvalue weighted by atomic mass is 32.1. The molecule has 1 aromatic heterocycles. The van der Waals surface area contributed by atoms with Crippen molar-refractivity contribution in [2.45, 2.75) is 6.92 Å². The quantitative estimate of drug-likeness (QED) is 0.493. The maximum Gasteiger partial charge on any atom is 0.430 e. The minimum absolute atomic E-state index is 0.289. The Morgan fingerprint density at radius 3 is 3.00 bits per heavy atom. The summed E-state index contributed by atoms with van der Waals surface area (Å²) < 4.78 is 5.77. The van der Waals surface area contributed by atoms with Crippen LogP contribution < -0.4 is 10.9 Å². The average Bonchev–Trinajstić information content (AvgIpc) is 2.71. The van der Waals surface area contributed by atoms with Gasteiger partial charge in [-0.25, -0.2) is 15.6 Å². The Kier molecular flexibility index (Phi) is 3.02. The van der Waals surface area contributed by atoms with Gasteiger partial charge in [0.25, 0.3) is 0 Å². The average molecular weight is 237 g/mol. The predicted molar refractivity (Wildman–Crippen MR) is 63.3 cm³/mol. The van der Waals surface area contributed by atoms with Crippen molar-refractivity contribution in [1.82, 2.24) is 4.98 Å². The van der Waals surface area contributed by atoms with Crippen LogP contribution >= 0.6 is 11.3 Å². The molecule has 0 atom stereocenters. The molecule has 84 valence electrons. The largest absolute Gasteiger partial charge is 0.448 e. The second kappa shape index (κ2) is 4.46. The van der Waals surface area contributed by atoms with Crippen molar-refractivity contribution in [1.29, 1.82) is 0 Å². The normalized spacial score (nSPS) is 10.4. The van der Waals surface area contributed by atoms with Gasteiger partial charge < -0.3 is 4.74 Å². The zero-order valence-electron chi connectivity index (χ0n) is 8.71. The van der Waals surface area contributed by atoms with Gasteiger partial charge in [-0.15, -0.1) is 0 Å². The third kappa shape index (κ3) is 1.98. The first-order valence-corrected chi connectivity index (χ1v) is 5.61. The molecule has 0 saturated heterocycles. The molecule has 1 amide bonds. The summed E-state index contributed by atoms with van der Waals surface area (Å²) >= 11 is 1.35. The van der Waals surface area contributed by atoms with Crippen molar-refractivity contribution in [2.75, 3.05) is 11.6 Å². The van der Waals surface area contributed by atoms with Crippen molar-refractivity contribution in [3.05, 3.63) is 24.3 Å². The van der Waals surface area contributed by atoms with Gasteiger partial charge in [-0.3, -0.25) is 0 Å². The Hall–Kier alpha value is -1.66. The fraction of sp³-hybridized carbons (Fsp3) is 0.200. The maximum atomic E-state index is 11.4. The van der Waals surface area contributed by atoms with Gasteiger partial charge in [0.2, 0.25) is 5.13 Å². The first-order valence-electron chi connectivity index (χ1n) is 4.79. The molecular formula is C10H11N3O2S. The first kappa shape index (κ1) is 10.8. The van der Waals surface area contributed by atoms with Crippen LogP contribution in [0.4, 0.5) is 9.93 Å². The number of hydrogen-bond donors (Lipinski definition) is 1. The minimum atomic E-state index is -0.596. The van der Waals surface area contributed by atoms with Crippen molar-refractivity contribution >= 4 is 32.8 Å². The van der Waals surface area contributed by atoms with E-state index in [9.17, 15) is 4.79 Å². The third-order valence-corrected chi connectivity index (χ3v) is 2.99. The van der Waals surface area contributed by atoms with Gasteiger partial charge in [0.15, 0.2) is 0 Å². The Balaban J connectivity index is 2.29. The maximum absolute atomic E-state index is 11.4. The van der Waals surface area contributed by atoms with Crippen LogP contribution in [-0.4, -0.2) is 17.7 Å². The number of amides is 1. The molecule has 16 heavy (non-hydrogen) atoms. The number of fused-ring (bicyclic) bond motifs is 1. The molecule has 1 heterocycles. The molecule has 0 aliphatic rings. The molecule has 0 unspecified atom stereocenters. The van der Waals surface area contributed by atoms with E-state index in [1.807, 2.05) is 24.3 Å². The number of anilines is 1. The minimum Gasteiger partial charge on any atom is -0.448 e. The van der Waals surface area contributed by atoms with E-state index in [4.69, 9.17) is 10.6 Å². The van der Waals surface area contributed by atoms with Crippen LogP contribution in [0.15, 0.2) is 24.3 Å². The Labute approximate surface area is 96.4 Å². The van der Waals surface area contributed by atoms with Crippen LogP contribution in [0.5, 0.6) is 0 Å². The van der Waals surface area contributed by atoms with Crippen LogP contribution in [-0.2, 0) is 4.74 Å². The molecule has 2 N–H and O–H groups in total. The van der Waals surface area contributed by atoms with E-state index >= 15 is 0 Å². The van der Waals surface area contributed by atoms with Crippen LogP contribution in [0.2, 0.25) is 0 Å². The van der Waals surface area contributed by atoms with E-state index in [0.717, 1.165) is 15.2 Å². The molecule has 0 radical (unpaired) electrons. The molecule has 0 spiro atoms. The number of rotatable bonds is 2. The molecule has 2 aromatic rings. The summed E-state index contributed by atoms with van der Waals surface area (Å²) in [7, 11) is 0. The fourth-order valence-corrected chi connectivity index (χ4v) is 2.11. The molecule has 0 fully saturated rings. The van der Waals surface area contributed by atoms with E-state index in [1.54, 1.807) is 6.92 Å². The lowest BCUT2D eigenvalue weighted by Gasteiger charge is -2.11. The molecular weight excluding hydrogens is 226 g/mol. The number of aromatic nitrogens is 1. The zero-order chi connectivity index (χ0) is 11.5. The van der Waals surface area contributed by atoms with Gasteiger partial charge in [0, 0.05) is 0 Å². The number of hydrogen-bond acceptors (Lipinski definition) is 5. The molecule has 0 aliphatic heterocycles. The molecule has 0 aliphatic carbocycles. The van der Waals surface area contributed by atoms with E-state index in [0.29, 0.717) is 5.13 Å². The van der Waals surface area contributed by atoms with E-state index in [1.165, 1.54) is 11.3 Å². The Morgan fingerprint density at radius 2 is 2.31 bits per heavy atom. The van der Waals surface area contributed by atoms with Gasteiger partial charge >= 0.3 is 6.09 Å². The molecule has 5 nitrogen and oxygen atoms in total. The van der Waals surface area contributed by atoms with Crippen LogP contribution in [0, 0.1) is 0 Å². The van der Waals surface area contributed by atoms with Gasteiger partial charge in [0.1, 0.15) is 0 Å². The number of hydrazine groups is 1. The number of carbonyl (C=O) groups excluding carboxylic acids is 1. The lowest BCUT2D eigenvalue weighted by Crippen LogP contribution is -2.37. The highest BCUT2D eigenvalue weighted by Gasteiger charge is 2.16. The molecule has 0 saturated carbocycles. The van der Waals surface area contributed by atoms with Crippen molar-refractivity contribution in [3.63, 3.8) is 0 Å². The second-order valence-electron chi connectivity index (χ2n) is 3.03. The van der Waals surface area contributed by atoms with Gasteiger partial charge in [-0.2, -0.15) is 5.01 Å². The predicted octanol–water partition coefficient (Wildman–Crippen LogP) is 2.13. The Bertz CT molecular complexity index is 478. The first-order chi connectivity index (χ1) is 7.72. The Morgan fingerprint density at radius 1 is 1.56 bits per heavy atom. The number of benzene rings is 1. The van der Waals surface area contributed by atoms with Crippen molar-refractivity contribution in [3.8, 4) is 0 Å². The topological polar surface area (TPSA) is 68.5 Å². The molecule has 6 heteroatoms. The number of para-hydroxylation sites is 1. The monoisotopic (exact) mass is 237 g/mol. The van der Waals surface area contributed by atoms with Gasteiger partial charge in [-0.1, -0.05) is 23.5 Å². The second-order valence-corrected chi connectivity index (χ2v) is 4.04. The highest BCUT2D eigenvalue weighted by Crippen LogP contribution is 2.27. The van der Waals surface area contributed by atoms with E-state index in [2.05, 4.69) is 4.98 Å². The summed E-state index contributed by atoms with van der Waals surface area (Å²) in [6.07, 6.45) is -0.596. The lowest BCUT2D eigenvalue weighted by molar-refractivity contribution is 0.160. The molecule has 2 rings (SSSR count). The van der Waals surface area contributed by atoms with Gasteiger partial charge in [-0.05, 0) is 19.1 Å². The van der Waals surface area contributed by atoms with Gasteiger partial charge in [0.05, 0.1) is 16.8 Å². The fourth-order valence-electron chi connectivity index (χ4n) is 1.23. The standard InChI is InChI=1S/C10H11N3O2S/c1-2-15-10(14)13(11)9-12-7-5-3-4-6-8(7)16-9/h3-6H,2,11H2,1H3. The highest BCUT2D eigenvalue weighted by molar-refractivity contribution is 7.22. The number of nitrogens with two attached hydrogens (primary N) is 1. The smallest absolute Gasteiger partial charge is 0.430 e. The van der Waals surface area contributed by atoms with E-state index in [-0.39, 0.29) is 6.61 Å². The van der Waals surface area contributed by atoms with Crippen LogP contribution in [0.1, 0.15) is 6.92 Å². The summed E-state index contributed by atoms with van der Waals surface area (Å²) in [6, 6.07) is 7.59.